The molecule has 1 aliphatic heterocycles. The van der Waals surface area contributed by atoms with Crippen molar-refractivity contribution in [3.63, 3.8) is 0 Å². The summed E-state index contributed by atoms with van der Waals surface area (Å²) in [6.45, 7) is 7.82. The maximum Gasteiger partial charge on any atom is 0.0564 e. The second kappa shape index (κ2) is 6.16. The van der Waals surface area contributed by atoms with Gasteiger partial charge in [-0.1, -0.05) is 0 Å². The number of aliphatic hydroxyl groups is 1. The summed E-state index contributed by atoms with van der Waals surface area (Å²) in [6.07, 6.45) is 2.75. The predicted molar refractivity (Wildman–Crippen MR) is 73.5 cm³/mol. The Hall–Kier alpha value is -1.13. The maximum absolute atomic E-state index is 9.60. The average Bonchev–Trinajstić information content (AvgIpc) is 2.78. The zero-order chi connectivity index (χ0) is 13.0. The van der Waals surface area contributed by atoms with Gasteiger partial charge in [0.15, 0.2) is 0 Å². The molecule has 1 aliphatic rings. The molecule has 0 bridgehead atoms. The molecule has 1 saturated heterocycles. The van der Waals surface area contributed by atoms with Gasteiger partial charge in [-0.15, -0.1) is 0 Å². The van der Waals surface area contributed by atoms with Gasteiger partial charge in [0.25, 0.3) is 0 Å². The van der Waals surface area contributed by atoms with Crippen molar-refractivity contribution >= 4 is 5.69 Å². The molecule has 2 atom stereocenters. The highest BCUT2D eigenvalue weighted by molar-refractivity contribution is 5.42. The Bertz CT molecular complexity index is 381. The zero-order valence-electron chi connectivity index (χ0n) is 11.3. The van der Waals surface area contributed by atoms with Crippen molar-refractivity contribution in [3.05, 3.63) is 24.0 Å². The highest BCUT2D eigenvalue weighted by Crippen LogP contribution is 2.21. The smallest absolute Gasteiger partial charge is 0.0564 e. The van der Waals surface area contributed by atoms with E-state index in [-0.39, 0.29) is 6.10 Å². The number of nitrogens with one attached hydrogen (secondary N) is 1. The Kier molecular flexibility index (Phi) is 4.55. The standard InChI is InChI=1S/C14H23N3O/c1-3-15-13-4-6-16-14(8-13)10-17-7-5-12(9-17)11(2)18/h4,6,8,11-12,18H,3,5,7,9-10H2,1-2H3,(H,15,16). The number of nitrogens with zero attached hydrogens (tertiary/aromatic N) is 2. The monoisotopic (exact) mass is 249 g/mol. The molecular weight excluding hydrogens is 226 g/mol. The fourth-order valence-electron chi connectivity index (χ4n) is 2.51. The van der Waals surface area contributed by atoms with Gasteiger partial charge in [-0.2, -0.15) is 0 Å². The summed E-state index contributed by atoms with van der Waals surface area (Å²) in [5.41, 5.74) is 2.23. The minimum absolute atomic E-state index is 0.198. The molecule has 0 aromatic carbocycles. The van der Waals surface area contributed by atoms with Crippen LogP contribution < -0.4 is 5.32 Å². The van der Waals surface area contributed by atoms with Crippen LogP contribution in [0.15, 0.2) is 18.3 Å². The molecule has 0 radical (unpaired) electrons. The van der Waals surface area contributed by atoms with Crippen LogP contribution in [0, 0.1) is 5.92 Å². The van der Waals surface area contributed by atoms with E-state index in [0.29, 0.717) is 5.92 Å². The molecule has 2 heterocycles. The second-order valence-corrected chi connectivity index (χ2v) is 5.09. The van der Waals surface area contributed by atoms with Crippen LogP contribution in [0.3, 0.4) is 0 Å². The third kappa shape index (κ3) is 3.43. The van der Waals surface area contributed by atoms with Crippen LogP contribution in [-0.2, 0) is 6.54 Å². The molecule has 1 fully saturated rings. The Labute approximate surface area is 109 Å². The molecule has 100 valence electrons. The zero-order valence-corrected chi connectivity index (χ0v) is 11.3. The van der Waals surface area contributed by atoms with Crippen LogP contribution in [0.2, 0.25) is 0 Å². The van der Waals surface area contributed by atoms with E-state index in [1.807, 2.05) is 19.2 Å². The predicted octanol–water partition coefficient (Wildman–Crippen LogP) is 1.72. The van der Waals surface area contributed by atoms with Gasteiger partial charge < -0.3 is 10.4 Å². The number of hydrogen-bond acceptors (Lipinski definition) is 4. The van der Waals surface area contributed by atoms with Gasteiger partial charge in [-0.3, -0.25) is 9.88 Å². The van der Waals surface area contributed by atoms with Gasteiger partial charge in [0.05, 0.1) is 11.8 Å². The topological polar surface area (TPSA) is 48.4 Å². The van der Waals surface area contributed by atoms with Crippen LogP contribution in [-0.4, -0.2) is 40.7 Å². The third-order valence-electron chi connectivity index (χ3n) is 3.57. The lowest BCUT2D eigenvalue weighted by Crippen LogP contribution is -2.24. The first kappa shape index (κ1) is 13.3. The first-order valence-corrected chi connectivity index (χ1v) is 6.78. The molecule has 2 rings (SSSR count). The summed E-state index contributed by atoms with van der Waals surface area (Å²) < 4.78 is 0. The van der Waals surface area contributed by atoms with Gasteiger partial charge in [-0.25, -0.2) is 0 Å². The maximum atomic E-state index is 9.60. The lowest BCUT2D eigenvalue weighted by molar-refractivity contribution is 0.127. The second-order valence-electron chi connectivity index (χ2n) is 5.09. The lowest BCUT2D eigenvalue weighted by Gasteiger charge is -2.17. The van der Waals surface area contributed by atoms with E-state index in [9.17, 15) is 5.11 Å². The highest BCUT2D eigenvalue weighted by atomic mass is 16.3. The number of aromatic nitrogens is 1. The fourth-order valence-corrected chi connectivity index (χ4v) is 2.51. The third-order valence-corrected chi connectivity index (χ3v) is 3.57. The van der Waals surface area contributed by atoms with Crippen LogP contribution in [0.1, 0.15) is 26.0 Å². The van der Waals surface area contributed by atoms with Gasteiger partial charge in [-0.05, 0) is 44.9 Å². The molecular formula is C14H23N3O. The summed E-state index contributed by atoms with van der Waals surface area (Å²) in [5.74, 6) is 0.418. The molecule has 0 saturated carbocycles. The highest BCUT2D eigenvalue weighted by Gasteiger charge is 2.25. The van der Waals surface area contributed by atoms with E-state index in [1.165, 1.54) is 0 Å². The van der Waals surface area contributed by atoms with Crippen molar-refractivity contribution in [1.29, 1.82) is 0 Å². The Balaban J connectivity index is 1.92. The Morgan fingerprint density at radius 2 is 2.44 bits per heavy atom. The summed E-state index contributed by atoms with van der Waals surface area (Å²) in [7, 11) is 0. The number of anilines is 1. The van der Waals surface area contributed by atoms with E-state index in [4.69, 9.17) is 0 Å². The van der Waals surface area contributed by atoms with Crippen molar-refractivity contribution < 1.29 is 5.11 Å². The molecule has 18 heavy (non-hydrogen) atoms. The lowest BCUT2D eigenvalue weighted by atomic mass is 10.0. The molecule has 0 amide bonds. The number of rotatable bonds is 5. The van der Waals surface area contributed by atoms with Crippen molar-refractivity contribution in [2.75, 3.05) is 25.0 Å². The van der Waals surface area contributed by atoms with E-state index in [1.54, 1.807) is 0 Å². The normalized spacial score (nSPS) is 22.1. The number of likely N-dealkylation sites (tertiary alicyclic amines) is 1. The van der Waals surface area contributed by atoms with Crippen molar-refractivity contribution in [2.24, 2.45) is 5.92 Å². The van der Waals surface area contributed by atoms with E-state index in [2.05, 4.69) is 28.2 Å². The SMILES string of the molecule is CCNc1ccnc(CN2CCC(C(C)O)C2)c1. The van der Waals surface area contributed by atoms with Crippen LogP contribution in [0.4, 0.5) is 5.69 Å². The largest absolute Gasteiger partial charge is 0.393 e. The van der Waals surface area contributed by atoms with E-state index >= 15 is 0 Å². The first-order chi connectivity index (χ1) is 8.69. The Morgan fingerprint density at radius 1 is 1.61 bits per heavy atom. The van der Waals surface area contributed by atoms with Crippen molar-refractivity contribution in [3.8, 4) is 0 Å². The van der Waals surface area contributed by atoms with Crippen LogP contribution in [0.25, 0.3) is 0 Å². The minimum atomic E-state index is -0.198. The molecule has 0 aliphatic carbocycles. The van der Waals surface area contributed by atoms with Gasteiger partial charge >= 0.3 is 0 Å². The van der Waals surface area contributed by atoms with Gasteiger partial charge in [0.1, 0.15) is 0 Å². The molecule has 0 spiro atoms. The van der Waals surface area contributed by atoms with Crippen LogP contribution in [0.5, 0.6) is 0 Å². The van der Waals surface area contributed by atoms with Crippen LogP contribution >= 0.6 is 0 Å². The molecule has 4 heteroatoms. The quantitative estimate of drug-likeness (QED) is 0.834. The van der Waals surface area contributed by atoms with Crippen molar-refractivity contribution in [1.82, 2.24) is 9.88 Å². The molecule has 2 N–H and O–H groups in total. The molecule has 4 nitrogen and oxygen atoms in total. The van der Waals surface area contributed by atoms with Gasteiger partial charge in [0.2, 0.25) is 0 Å². The summed E-state index contributed by atoms with van der Waals surface area (Å²) in [5, 5.41) is 12.9. The number of hydrogen-bond donors (Lipinski definition) is 2. The van der Waals surface area contributed by atoms with E-state index in [0.717, 1.165) is 44.0 Å². The average molecular weight is 249 g/mol. The summed E-state index contributed by atoms with van der Waals surface area (Å²) in [4.78, 5) is 6.78. The molecule has 2 unspecified atom stereocenters. The Morgan fingerprint density at radius 3 is 3.11 bits per heavy atom. The van der Waals surface area contributed by atoms with Crippen molar-refractivity contribution in [2.45, 2.75) is 32.9 Å². The molecule has 1 aromatic rings. The summed E-state index contributed by atoms with van der Waals surface area (Å²) >= 11 is 0. The number of pyridine rings is 1. The van der Waals surface area contributed by atoms with E-state index < -0.39 is 0 Å². The minimum Gasteiger partial charge on any atom is -0.393 e. The number of aliphatic hydroxyl groups excluding tert-OH is 1. The molecule has 1 aromatic heterocycles. The fraction of sp³-hybridized carbons (Fsp3) is 0.643. The summed E-state index contributed by atoms with van der Waals surface area (Å²) in [6, 6.07) is 4.11. The first-order valence-electron chi connectivity index (χ1n) is 6.78. The van der Waals surface area contributed by atoms with Gasteiger partial charge in [0, 0.05) is 31.5 Å².